The maximum atomic E-state index is 12.5. The molecule has 0 saturated heterocycles. The molecule has 1 aromatic rings. The number of hydrogen-bond acceptors (Lipinski definition) is 4. The van der Waals surface area contributed by atoms with Crippen LogP contribution in [0.3, 0.4) is 0 Å². The van der Waals surface area contributed by atoms with Gasteiger partial charge >= 0.3 is 12.0 Å². The summed E-state index contributed by atoms with van der Waals surface area (Å²) in [6, 6.07) is 4.13. The Labute approximate surface area is 158 Å². The fraction of sp³-hybridized carbons (Fsp3) is 0.474. The fourth-order valence-electron chi connectivity index (χ4n) is 2.84. The monoisotopic (exact) mass is 380 g/mol. The van der Waals surface area contributed by atoms with Gasteiger partial charge in [-0.2, -0.15) is 0 Å². The highest BCUT2D eigenvalue weighted by Crippen LogP contribution is 2.36. The van der Waals surface area contributed by atoms with Crippen molar-refractivity contribution < 1.29 is 19.1 Å². The van der Waals surface area contributed by atoms with Crippen LogP contribution in [0.4, 0.5) is 4.79 Å². The van der Waals surface area contributed by atoms with Crippen molar-refractivity contribution in [2.75, 3.05) is 13.7 Å². The van der Waals surface area contributed by atoms with Gasteiger partial charge in [0.05, 0.1) is 25.3 Å². The Morgan fingerprint density at radius 3 is 2.69 bits per heavy atom. The van der Waals surface area contributed by atoms with E-state index >= 15 is 0 Å². The number of halogens is 1. The minimum Gasteiger partial charge on any atom is -0.493 e. The van der Waals surface area contributed by atoms with Crippen molar-refractivity contribution in [1.82, 2.24) is 10.6 Å². The Bertz CT molecular complexity index is 703. The zero-order chi connectivity index (χ0) is 19.1. The molecular weight excluding hydrogens is 356 g/mol. The highest BCUT2D eigenvalue weighted by Gasteiger charge is 2.34. The van der Waals surface area contributed by atoms with E-state index in [-0.39, 0.29) is 6.03 Å². The number of unbranched alkanes of at least 4 members (excludes halogenated alkanes) is 1. The van der Waals surface area contributed by atoms with Crippen molar-refractivity contribution >= 4 is 23.6 Å². The lowest BCUT2D eigenvalue weighted by molar-refractivity contribution is -0.136. The summed E-state index contributed by atoms with van der Waals surface area (Å²) in [5.41, 5.74) is 1.59. The summed E-state index contributed by atoms with van der Waals surface area (Å²) in [6.07, 6.45) is 3.20. The van der Waals surface area contributed by atoms with E-state index in [1.807, 2.05) is 13.8 Å². The quantitative estimate of drug-likeness (QED) is 0.665. The van der Waals surface area contributed by atoms with E-state index in [0.717, 1.165) is 19.3 Å². The predicted molar refractivity (Wildman–Crippen MR) is 100 cm³/mol. The number of ether oxygens (including phenoxy) is 2. The van der Waals surface area contributed by atoms with Gasteiger partial charge in [0, 0.05) is 16.3 Å². The number of allylic oxidation sites excluding steroid dienone is 1. The van der Waals surface area contributed by atoms with Crippen molar-refractivity contribution in [3.05, 3.63) is 40.1 Å². The van der Waals surface area contributed by atoms with Crippen LogP contribution < -0.4 is 15.4 Å². The van der Waals surface area contributed by atoms with Gasteiger partial charge in [-0.25, -0.2) is 9.59 Å². The zero-order valence-corrected chi connectivity index (χ0v) is 16.1. The Kier molecular flexibility index (Phi) is 7.33. The summed E-state index contributed by atoms with van der Waals surface area (Å²) in [4.78, 5) is 24.7. The summed E-state index contributed by atoms with van der Waals surface area (Å²) < 4.78 is 10.8. The number of esters is 1. The highest BCUT2D eigenvalue weighted by atomic mass is 35.5. The van der Waals surface area contributed by atoms with Gasteiger partial charge in [0.25, 0.3) is 0 Å². The lowest BCUT2D eigenvalue weighted by Crippen LogP contribution is -2.46. The molecule has 1 aliphatic rings. The molecule has 26 heavy (non-hydrogen) atoms. The molecule has 1 aliphatic heterocycles. The average molecular weight is 381 g/mol. The molecule has 1 unspecified atom stereocenters. The van der Waals surface area contributed by atoms with E-state index in [1.165, 1.54) is 7.11 Å². The number of urea groups is 1. The van der Waals surface area contributed by atoms with Gasteiger partial charge in [-0.05, 0) is 37.5 Å². The molecule has 7 heteroatoms. The third-order valence-electron chi connectivity index (χ3n) is 4.08. The first kappa shape index (κ1) is 20.1. The van der Waals surface area contributed by atoms with Gasteiger partial charge in [-0.1, -0.05) is 31.9 Å². The highest BCUT2D eigenvalue weighted by molar-refractivity contribution is 6.30. The van der Waals surface area contributed by atoms with Crippen LogP contribution >= 0.6 is 11.6 Å². The molecule has 1 aromatic carbocycles. The van der Waals surface area contributed by atoms with E-state index < -0.39 is 12.0 Å². The normalized spacial score (nSPS) is 16.8. The number of benzene rings is 1. The van der Waals surface area contributed by atoms with Gasteiger partial charge < -0.3 is 20.1 Å². The third kappa shape index (κ3) is 4.69. The predicted octanol–water partition coefficient (Wildman–Crippen LogP) is 4.10. The lowest BCUT2D eigenvalue weighted by atomic mass is 9.93. The second-order valence-electron chi connectivity index (χ2n) is 6.05. The summed E-state index contributed by atoms with van der Waals surface area (Å²) in [5, 5.41) is 6.05. The number of carbonyl (C=O) groups is 2. The molecule has 0 bridgehead atoms. The zero-order valence-electron chi connectivity index (χ0n) is 15.4. The molecular formula is C19H25ClN2O4. The Morgan fingerprint density at radius 1 is 1.27 bits per heavy atom. The summed E-state index contributed by atoms with van der Waals surface area (Å²) in [6.45, 7) is 4.57. The van der Waals surface area contributed by atoms with Crippen molar-refractivity contribution in [2.24, 2.45) is 0 Å². The van der Waals surface area contributed by atoms with Crippen molar-refractivity contribution in [1.29, 1.82) is 0 Å². The first-order valence-electron chi connectivity index (χ1n) is 8.82. The second kappa shape index (κ2) is 9.48. The topological polar surface area (TPSA) is 76.7 Å². The van der Waals surface area contributed by atoms with E-state index in [1.54, 1.807) is 18.2 Å². The maximum absolute atomic E-state index is 12.5. The lowest BCUT2D eigenvalue weighted by Gasteiger charge is -2.30. The summed E-state index contributed by atoms with van der Waals surface area (Å²) >= 11 is 6.17. The number of nitrogens with one attached hydrogen (secondary N) is 2. The minimum absolute atomic E-state index is 0.366. The number of hydrogen-bond donors (Lipinski definition) is 2. The number of rotatable bonds is 8. The molecule has 0 saturated carbocycles. The number of carbonyl (C=O) groups excluding carboxylic acids is 2. The van der Waals surface area contributed by atoms with Gasteiger partial charge in [-0.3, -0.25) is 0 Å². The Balaban J connectivity index is 2.55. The largest absolute Gasteiger partial charge is 0.493 e. The van der Waals surface area contributed by atoms with Gasteiger partial charge in [0.15, 0.2) is 0 Å². The third-order valence-corrected chi connectivity index (χ3v) is 4.32. The van der Waals surface area contributed by atoms with E-state index in [0.29, 0.717) is 40.6 Å². The van der Waals surface area contributed by atoms with Crippen molar-refractivity contribution in [2.45, 2.75) is 45.6 Å². The Morgan fingerprint density at radius 2 is 2.04 bits per heavy atom. The number of amides is 2. The summed E-state index contributed by atoms with van der Waals surface area (Å²) in [5.74, 6) is 0.0923. The van der Waals surface area contributed by atoms with Gasteiger partial charge in [0.1, 0.15) is 5.75 Å². The number of methoxy groups -OCH3 is 1. The SMILES string of the molecule is CCCCC1=C(C(=O)OC)C(c2cc(Cl)ccc2OCCC)NC(=O)N1. The van der Waals surface area contributed by atoms with Crippen LogP contribution in [-0.4, -0.2) is 25.7 Å². The van der Waals surface area contributed by atoms with Gasteiger partial charge in [-0.15, -0.1) is 0 Å². The van der Waals surface area contributed by atoms with Crippen LogP contribution in [0, 0.1) is 0 Å². The van der Waals surface area contributed by atoms with Crippen LogP contribution in [0.2, 0.25) is 5.02 Å². The second-order valence-corrected chi connectivity index (χ2v) is 6.49. The molecule has 0 aliphatic carbocycles. The molecule has 142 valence electrons. The smallest absolute Gasteiger partial charge is 0.337 e. The molecule has 0 fully saturated rings. The first-order chi connectivity index (χ1) is 12.5. The molecule has 0 radical (unpaired) electrons. The molecule has 2 amide bonds. The Hall–Kier alpha value is -2.21. The van der Waals surface area contributed by atoms with E-state index in [4.69, 9.17) is 21.1 Å². The average Bonchev–Trinajstić information content (AvgIpc) is 2.64. The molecule has 2 rings (SSSR count). The fourth-order valence-corrected chi connectivity index (χ4v) is 3.02. The van der Waals surface area contributed by atoms with Crippen LogP contribution in [0.5, 0.6) is 5.75 Å². The molecule has 1 heterocycles. The molecule has 0 aromatic heterocycles. The minimum atomic E-state index is -0.686. The molecule has 1 atom stereocenters. The van der Waals surface area contributed by atoms with Crippen LogP contribution in [0.1, 0.15) is 51.1 Å². The van der Waals surface area contributed by atoms with Crippen LogP contribution in [0.25, 0.3) is 0 Å². The molecule has 2 N–H and O–H groups in total. The van der Waals surface area contributed by atoms with Gasteiger partial charge in [0.2, 0.25) is 0 Å². The van der Waals surface area contributed by atoms with Crippen LogP contribution in [0.15, 0.2) is 29.5 Å². The van der Waals surface area contributed by atoms with Crippen molar-refractivity contribution in [3.8, 4) is 5.75 Å². The molecule has 0 spiro atoms. The summed E-state index contributed by atoms with van der Waals surface area (Å²) in [7, 11) is 1.33. The molecule has 6 nitrogen and oxygen atoms in total. The first-order valence-corrected chi connectivity index (χ1v) is 9.20. The standard InChI is InChI=1S/C19H25ClN2O4/c1-4-6-7-14-16(18(23)25-3)17(22-19(24)21-14)13-11-12(20)8-9-15(13)26-10-5-2/h8-9,11,17H,4-7,10H2,1-3H3,(H2,21,22,24). The van der Waals surface area contributed by atoms with Crippen LogP contribution in [-0.2, 0) is 9.53 Å². The van der Waals surface area contributed by atoms with E-state index in [9.17, 15) is 9.59 Å². The van der Waals surface area contributed by atoms with Crippen molar-refractivity contribution in [3.63, 3.8) is 0 Å². The van der Waals surface area contributed by atoms with E-state index in [2.05, 4.69) is 10.6 Å². The maximum Gasteiger partial charge on any atom is 0.337 e.